The molecule has 3 aromatic carbocycles. The zero-order chi connectivity index (χ0) is 21.5. The van der Waals surface area contributed by atoms with E-state index in [2.05, 4.69) is 4.98 Å². The SMILES string of the molecule is OC1c2cc(C=Cc3ccc4cc(F)c(Cl)cc4n3)ccc2OCc2c(F)cccc21. The number of nitrogens with zero attached hydrogens (tertiary/aromatic N) is 1. The summed E-state index contributed by atoms with van der Waals surface area (Å²) in [7, 11) is 0. The molecule has 154 valence electrons. The Morgan fingerprint density at radius 3 is 2.71 bits per heavy atom. The first-order chi connectivity index (χ1) is 15.0. The summed E-state index contributed by atoms with van der Waals surface area (Å²) in [5.41, 5.74) is 3.52. The van der Waals surface area contributed by atoms with Crippen molar-refractivity contribution in [2.24, 2.45) is 0 Å². The zero-order valence-electron chi connectivity index (χ0n) is 16.1. The van der Waals surface area contributed by atoms with Gasteiger partial charge in [-0.2, -0.15) is 0 Å². The first-order valence-electron chi connectivity index (χ1n) is 9.65. The maximum absolute atomic E-state index is 14.2. The summed E-state index contributed by atoms with van der Waals surface area (Å²) in [6.07, 6.45) is 2.67. The summed E-state index contributed by atoms with van der Waals surface area (Å²) in [5, 5.41) is 11.6. The summed E-state index contributed by atoms with van der Waals surface area (Å²) >= 11 is 5.86. The standard InChI is InChI=1S/C25H16ClF2NO2/c26-20-12-23-15(11-22(20)28)6-8-16(29-23)7-4-14-5-9-24-18(10-14)25(30)17-2-1-3-21(27)19(17)13-31-24/h1-12,25,30H,13H2. The number of rotatable bonds is 2. The lowest BCUT2D eigenvalue weighted by Gasteiger charge is -2.13. The van der Waals surface area contributed by atoms with Gasteiger partial charge in [0, 0.05) is 16.5 Å². The molecule has 3 nitrogen and oxygen atoms in total. The van der Waals surface area contributed by atoms with E-state index in [0.29, 0.717) is 39.0 Å². The van der Waals surface area contributed by atoms with E-state index in [1.165, 1.54) is 18.2 Å². The van der Waals surface area contributed by atoms with Gasteiger partial charge in [-0.25, -0.2) is 13.8 Å². The molecule has 1 atom stereocenters. The molecule has 31 heavy (non-hydrogen) atoms. The largest absolute Gasteiger partial charge is 0.488 e. The van der Waals surface area contributed by atoms with Crippen LogP contribution >= 0.6 is 11.6 Å². The Bertz CT molecular complexity index is 1350. The molecule has 1 unspecified atom stereocenters. The average molecular weight is 436 g/mol. The van der Waals surface area contributed by atoms with E-state index in [1.54, 1.807) is 30.3 Å². The van der Waals surface area contributed by atoms with E-state index in [-0.39, 0.29) is 11.6 Å². The Kier molecular flexibility index (Phi) is 4.93. The lowest BCUT2D eigenvalue weighted by Crippen LogP contribution is -2.03. The second-order valence-corrected chi connectivity index (χ2v) is 7.73. The Hall–Kier alpha value is -3.28. The van der Waals surface area contributed by atoms with Crippen molar-refractivity contribution in [3.63, 3.8) is 0 Å². The number of hydrogen-bond donors (Lipinski definition) is 1. The molecule has 0 fully saturated rings. The quantitative estimate of drug-likeness (QED) is 0.401. The van der Waals surface area contributed by atoms with Crippen LogP contribution in [0.4, 0.5) is 8.78 Å². The van der Waals surface area contributed by atoms with Crippen LogP contribution in [0, 0.1) is 11.6 Å². The molecule has 0 saturated heterocycles. The highest BCUT2D eigenvalue weighted by molar-refractivity contribution is 6.31. The molecule has 0 radical (unpaired) electrons. The molecule has 1 aliphatic rings. The molecule has 0 bridgehead atoms. The first kappa shape index (κ1) is 19.7. The predicted molar refractivity (Wildman–Crippen MR) is 117 cm³/mol. The van der Waals surface area contributed by atoms with Gasteiger partial charge in [0.15, 0.2) is 0 Å². The maximum Gasteiger partial charge on any atom is 0.142 e. The van der Waals surface area contributed by atoms with Crippen molar-refractivity contribution in [1.29, 1.82) is 0 Å². The smallest absolute Gasteiger partial charge is 0.142 e. The van der Waals surface area contributed by atoms with Crippen molar-refractivity contribution in [3.05, 3.63) is 105 Å². The molecule has 1 aliphatic heterocycles. The summed E-state index contributed by atoms with van der Waals surface area (Å²) in [6.45, 7) is 0.0609. The molecule has 0 aliphatic carbocycles. The van der Waals surface area contributed by atoms with Crippen LogP contribution in [0.5, 0.6) is 5.75 Å². The number of aromatic nitrogens is 1. The fourth-order valence-electron chi connectivity index (χ4n) is 3.72. The minimum Gasteiger partial charge on any atom is -0.488 e. The molecular weight excluding hydrogens is 420 g/mol. The number of pyridine rings is 1. The second kappa shape index (κ2) is 7.76. The number of ether oxygens (including phenoxy) is 1. The Morgan fingerprint density at radius 2 is 1.84 bits per heavy atom. The first-order valence-corrected chi connectivity index (χ1v) is 10.0. The van der Waals surface area contributed by atoms with Gasteiger partial charge in [0.2, 0.25) is 0 Å². The highest BCUT2D eigenvalue weighted by Gasteiger charge is 2.24. The Labute approximate surface area is 182 Å². The molecule has 1 N–H and O–H groups in total. The third-order valence-electron chi connectivity index (χ3n) is 5.35. The van der Waals surface area contributed by atoms with Gasteiger partial charge in [-0.15, -0.1) is 0 Å². The van der Waals surface area contributed by atoms with Gasteiger partial charge in [0.05, 0.1) is 16.2 Å². The van der Waals surface area contributed by atoms with Crippen LogP contribution in [-0.2, 0) is 6.61 Å². The van der Waals surface area contributed by atoms with Crippen molar-refractivity contribution in [2.75, 3.05) is 0 Å². The minimum atomic E-state index is -0.993. The fourth-order valence-corrected chi connectivity index (χ4v) is 3.88. The Morgan fingerprint density at radius 1 is 0.968 bits per heavy atom. The van der Waals surface area contributed by atoms with Gasteiger partial charge in [-0.3, -0.25) is 0 Å². The van der Waals surface area contributed by atoms with Crippen LogP contribution < -0.4 is 4.74 Å². The second-order valence-electron chi connectivity index (χ2n) is 7.32. The Balaban J connectivity index is 1.48. The molecule has 4 aromatic rings. The number of fused-ring (bicyclic) bond motifs is 3. The third-order valence-corrected chi connectivity index (χ3v) is 5.64. The molecule has 0 spiro atoms. The van der Waals surface area contributed by atoms with E-state index in [0.717, 1.165) is 5.56 Å². The van der Waals surface area contributed by atoms with Gasteiger partial charge in [0.1, 0.15) is 30.1 Å². The van der Waals surface area contributed by atoms with E-state index >= 15 is 0 Å². The molecule has 2 heterocycles. The average Bonchev–Trinajstić information content (AvgIpc) is 2.91. The minimum absolute atomic E-state index is 0.0255. The van der Waals surface area contributed by atoms with E-state index in [9.17, 15) is 13.9 Å². The van der Waals surface area contributed by atoms with Crippen molar-refractivity contribution in [3.8, 4) is 5.75 Å². The molecule has 0 saturated carbocycles. The maximum atomic E-state index is 14.2. The lowest BCUT2D eigenvalue weighted by atomic mass is 9.96. The van der Waals surface area contributed by atoms with E-state index < -0.39 is 17.7 Å². The fraction of sp³-hybridized carbons (Fsp3) is 0.0800. The van der Waals surface area contributed by atoms with Crippen molar-refractivity contribution in [2.45, 2.75) is 12.7 Å². The highest BCUT2D eigenvalue weighted by atomic mass is 35.5. The summed E-state index contributed by atoms with van der Waals surface area (Å²) in [5.74, 6) is -0.362. The van der Waals surface area contributed by atoms with Gasteiger partial charge in [-0.05, 0) is 53.6 Å². The predicted octanol–water partition coefficient (Wildman–Crippen LogP) is 6.31. The van der Waals surface area contributed by atoms with Gasteiger partial charge in [-0.1, -0.05) is 41.9 Å². The number of hydrogen-bond acceptors (Lipinski definition) is 3. The van der Waals surface area contributed by atoms with Crippen LogP contribution in [0.1, 0.15) is 34.1 Å². The number of halogens is 3. The van der Waals surface area contributed by atoms with Crippen LogP contribution in [-0.4, -0.2) is 10.1 Å². The van der Waals surface area contributed by atoms with Gasteiger partial charge in [0.25, 0.3) is 0 Å². The van der Waals surface area contributed by atoms with Crippen molar-refractivity contribution >= 4 is 34.7 Å². The molecule has 5 rings (SSSR count). The number of aliphatic hydroxyl groups is 1. The van der Waals surface area contributed by atoms with E-state index in [4.69, 9.17) is 16.3 Å². The molecule has 1 aromatic heterocycles. The van der Waals surface area contributed by atoms with Crippen LogP contribution in [0.25, 0.3) is 23.1 Å². The van der Waals surface area contributed by atoms with Crippen LogP contribution in [0.3, 0.4) is 0 Å². The zero-order valence-corrected chi connectivity index (χ0v) is 16.9. The monoisotopic (exact) mass is 435 g/mol. The number of aliphatic hydroxyl groups excluding tert-OH is 1. The van der Waals surface area contributed by atoms with Crippen molar-refractivity contribution < 1.29 is 18.6 Å². The molecule has 6 heteroatoms. The molecule has 0 amide bonds. The van der Waals surface area contributed by atoms with Crippen LogP contribution in [0.15, 0.2) is 60.7 Å². The van der Waals surface area contributed by atoms with Gasteiger partial charge >= 0.3 is 0 Å². The third kappa shape index (κ3) is 3.67. The van der Waals surface area contributed by atoms with Crippen molar-refractivity contribution in [1.82, 2.24) is 4.98 Å². The molecular formula is C25H16ClF2NO2. The number of benzene rings is 3. The summed E-state index contributed by atoms with van der Waals surface area (Å²) in [6, 6.07) is 16.5. The van der Waals surface area contributed by atoms with Crippen LogP contribution in [0.2, 0.25) is 5.02 Å². The summed E-state index contributed by atoms with van der Waals surface area (Å²) in [4.78, 5) is 4.50. The lowest BCUT2D eigenvalue weighted by molar-refractivity contribution is 0.218. The van der Waals surface area contributed by atoms with E-state index in [1.807, 2.05) is 24.3 Å². The van der Waals surface area contributed by atoms with Gasteiger partial charge < -0.3 is 9.84 Å². The topological polar surface area (TPSA) is 42.4 Å². The highest BCUT2D eigenvalue weighted by Crippen LogP contribution is 2.37. The summed E-state index contributed by atoms with van der Waals surface area (Å²) < 4.78 is 33.5. The normalized spacial score (nSPS) is 15.4.